The Labute approximate surface area is 316 Å². The van der Waals surface area contributed by atoms with Crippen LogP contribution < -0.4 is 30.4 Å². The molecule has 0 radical (unpaired) electrons. The van der Waals surface area contributed by atoms with Crippen molar-refractivity contribution < 1.29 is 18.7 Å². The van der Waals surface area contributed by atoms with Crippen LogP contribution in [-0.4, -0.2) is 69.1 Å². The van der Waals surface area contributed by atoms with E-state index in [1.807, 2.05) is 47.4 Å². The van der Waals surface area contributed by atoms with Crippen LogP contribution in [0.25, 0.3) is 11.0 Å². The lowest BCUT2D eigenvalue weighted by atomic mass is 9.74. The Morgan fingerprint density at radius 1 is 0.667 bits per heavy atom. The van der Waals surface area contributed by atoms with Gasteiger partial charge in [0.1, 0.15) is 28.2 Å². The van der Waals surface area contributed by atoms with Crippen LogP contribution in [0.4, 0.5) is 17.1 Å². The molecule has 0 saturated heterocycles. The van der Waals surface area contributed by atoms with Crippen LogP contribution in [0.1, 0.15) is 78.9 Å². The van der Waals surface area contributed by atoms with Gasteiger partial charge in [-0.25, -0.2) is 4.79 Å². The molecule has 4 aromatic carbocycles. The van der Waals surface area contributed by atoms with Crippen molar-refractivity contribution in [3.8, 4) is 11.5 Å². The van der Waals surface area contributed by atoms with E-state index >= 15 is 0 Å². The van der Waals surface area contributed by atoms with E-state index in [1.54, 1.807) is 6.07 Å². The molecular formula is C44H49N5O5. The summed E-state index contributed by atoms with van der Waals surface area (Å²) in [7, 11) is 0. The standard InChI is InChI=1S/C44H49N5O5/c1-7-46(8-2)30-18-17-29-25-34(43(52)54-38(29)26-30)41(50)45-23-24-49-42(51)33-15-13-14-16-35(33)44(49)36-21-19-31(47(9-3)10-4)27-39(36)53-40-28-32(20-22-37(40)44)48(11-5)12-6/h13-22,25-28H,7-12,23-24H2,1-6H3,(H,45,50). The first-order chi connectivity index (χ1) is 26.2. The summed E-state index contributed by atoms with van der Waals surface area (Å²) in [5.41, 5.74) is 4.78. The largest absolute Gasteiger partial charge is 0.456 e. The first-order valence-electron chi connectivity index (χ1n) is 19.2. The number of anilines is 3. The van der Waals surface area contributed by atoms with E-state index in [2.05, 4.69) is 98.0 Å². The Balaban J connectivity index is 1.28. The molecule has 54 heavy (non-hydrogen) atoms. The van der Waals surface area contributed by atoms with Crippen LogP contribution in [0.2, 0.25) is 0 Å². The molecule has 7 rings (SSSR count). The number of nitrogens with zero attached hydrogens (tertiary/aromatic N) is 4. The van der Waals surface area contributed by atoms with Crippen LogP contribution in [-0.2, 0) is 5.54 Å². The van der Waals surface area contributed by atoms with Crippen molar-refractivity contribution >= 4 is 39.8 Å². The molecule has 10 heteroatoms. The number of hydrogen-bond donors (Lipinski definition) is 1. The number of fused-ring (bicyclic) bond motifs is 7. The highest BCUT2D eigenvalue weighted by Gasteiger charge is 2.56. The van der Waals surface area contributed by atoms with E-state index in [0.717, 1.165) is 73.0 Å². The number of amides is 2. The molecule has 1 N–H and O–H groups in total. The number of carbonyl (C=O) groups is 2. The van der Waals surface area contributed by atoms with Crippen LogP contribution in [0.5, 0.6) is 11.5 Å². The molecule has 1 spiro atoms. The highest BCUT2D eigenvalue weighted by atomic mass is 16.5. The molecule has 0 unspecified atom stereocenters. The van der Waals surface area contributed by atoms with Crippen LogP contribution in [0.15, 0.2) is 94.1 Å². The van der Waals surface area contributed by atoms with Crippen molar-refractivity contribution in [3.05, 3.63) is 123 Å². The zero-order valence-corrected chi connectivity index (χ0v) is 32.1. The SMILES string of the molecule is CCN(CC)c1ccc2c(c1)Oc1cc(N(CC)CC)ccc1C21c2ccccc2C(=O)N1CCNC(=O)c1cc2ccc(N(CC)CC)cc2oc1=O. The highest BCUT2D eigenvalue weighted by Crippen LogP contribution is 2.58. The van der Waals surface area contributed by atoms with Crippen LogP contribution in [0.3, 0.4) is 0 Å². The summed E-state index contributed by atoms with van der Waals surface area (Å²) in [5, 5.41) is 3.59. The maximum Gasteiger partial charge on any atom is 0.349 e. The van der Waals surface area contributed by atoms with Crippen molar-refractivity contribution in [2.45, 2.75) is 47.1 Å². The number of ether oxygens (including phenoxy) is 1. The molecule has 5 aromatic rings. The summed E-state index contributed by atoms with van der Waals surface area (Å²) in [4.78, 5) is 49.9. The number of hydrogen-bond acceptors (Lipinski definition) is 8. The average molecular weight is 728 g/mol. The van der Waals surface area contributed by atoms with Gasteiger partial charge >= 0.3 is 5.63 Å². The fourth-order valence-corrected chi connectivity index (χ4v) is 8.32. The van der Waals surface area contributed by atoms with Gasteiger partial charge < -0.3 is 34.1 Å². The monoisotopic (exact) mass is 727 g/mol. The van der Waals surface area contributed by atoms with Crippen molar-refractivity contribution in [3.63, 3.8) is 0 Å². The normalized spacial score (nSPS) is 13.7. The van der Waals surface area contributed by atoms with Gasteiger partial charge in [0.15, 0.2) is 0 Å². The molecule has 2 amide bonds. The number of carbonyl (C=O) groups excluding carboxylic acids is 2. The lowest BCUT2D eigenvalue weighted by molar-refractivity contribution is 0.0660. The second-order valence-corrected chi connectivity index (χ2v) is 13.6. The molecular weight excluding hydrogens is 679 g/mol. The Kier molecular flexibility index (Phi) is 10.1. The molecule has 280 valence electrons. The number of nitrogens with one attached hydrogen (secondary N) is 1. The van der Waals surface area contributed by atoms with Gasteiger partial charge in [0.05, 0.1) is 0 Å². The molecule has 2 aliphatic heterocycles. The molecule has 1 aromatic heterocycles. The third kappa shape index (κ3) is 5.94. The minimum absolute atomic E-state index is 0.0848. The number of rotatable bonds is 13. The van der Waals surface area contributed by atoms with Crippen molar-refractivity contribution in [2.24, 2.45) is 0 Å². The van der Waals surface area contributed by atoms with E-state index in [1.165, 1.54) is 0 Å². The minimum Gasteiger partial charge on any atom is -0.456 e. The van der Waals surface area contributed by atoms with Crippen LogP contribution in [0, 0.1) is 0 Å². The van der Waals surface area contributed by atoms with Crippen LogP contribution >= 0.6 is 0 Å². The highest BCUT2D eigenvalue weighted by molar-refractivity contribution is 6.02. The summed E-state index contributed by atoms with van der Waals surface area (Å²) in [6.45, 7) is 17.9. The van der Waals surface area contributed by atoms with Gasteiger partial charge in [0.2, 0.25) is 0 Å². The summed E-state index contributed by atoms with van der Waals surface area (Å²) >= 11 is 0. The Morgan fingerprint density at radius 2 is 1.20 bits per heavy atom. The summed E-state index contributed by atoms with van der Waals surface area (Å²) in [6, 6.07) is 27.5. The fraction of sp³-hybridized carbons (Fsp3) is 0.341. The van der Waals surface area contributed by atoms with Gasteiger partial charge in [-0.3, -0.25) is 9.59 Å². The average Bonchev–Trinajstić information content (AvgIpc) is 3.43. The maximum atomic E-state index is 14.6. The Bertz CT molecular complexity index is 2210. The molecule has 0 fully saturated rings. The number of benzene rings is 4. The molecule has 3 heterocycles. The molecule has 10 nitrogen and oxygen atoms in total. The van der Waals surface area contributed by atoms with Gasteiger partial charge in [-0.05, 0) is 83.5 Å². The van der Waals surface area contributed by atoms with Gasteiger partial charge in [-0.2, -0.15) is 0 Å². The van der Waals surface area contributed by atoms with Gasteiger partial charge in [-0.1, -0.05) is 30.3 Å². The first-order valence-corrected chi connectivity index (χ1v) is 19.2. The predicted octanol–water partition coefficient (Wildman–Crippen LogP) is 7.62. The van der Waals surface area contributed by atoms with E-state index in [0.29, 0.717) is 28.0 Å². The fourth-order valence-electron chi connectivity index (χ4n) is 8.32. The molecule has 0 bridgehead atoms. The summed E-state index contributed by atoms with van der Waals surface area (Å²) in [6.07, 6.45) is 0. The smallest absolute Gasteiger partial charge is 0.349 e. The summed E-state index contributed by atoms with van der Waals surface area (Å²) < 4.78 is 12.5. The first kappa shape index (κ1) is 36.6. The van der Waals surface area contributed by atoms with Crippen molar-refractivity contribution in [1.29, 1.82) is 0 Å². The zero-order valence-electron chi connectivity index (χ0n) is 32.1. The second-order valence-electron chi connectivity index (χ2n) is 13.6. The van der Waals surface area contributed by atoms with Crippen molar-refractivity contribution in [2.75, 3.05) is 67.1 Å². The van der Waals surface area contributed by atoms with Gasteiger partial charge in [0, 0.05) is 110 Å². The van der Waals surface area contributed by atoms with E-state index < -0.39 is 17.1 Å². The zero-order chi connectivity index (χ0) is 38.1. The summed E-state index contributed by atoms with van der Waals surface area (Å²) in [5.74, 6) is 0.658. The van der Waals surface area contributed by atoms with Gasteiger partial charge in [0.25, 0.3) is 11.8 Å². The maximum absolute atomic E-state index is 14.6. The second kappa shape index (κ2) is 14.9. The molecule has 0 saturated carbocycles. The predicted molar refractivity (Wildman–Crippen MR) is 216 cm³/mol. The van der Waals surface area contributed by atoms with E-state index in [-0.39, 0.29) is 24.6 Å². The van der Waals surface area contributed by atoms with Gasteiger partial charge in [-0.15, -0.1) is 0 Å². The molecule has 2 aliphatic rings. The lowest BCUT2D eigenvalue weighted by Crippen LogP contribution is -2.50. The van der Waals surface area contributed by atoms with E-state index in [4.69, 9.17) is 9.15 Å². The Morgan fingerprint density at radius 3 is 1.78 bits per heavy atom. The quantitative estimate of drug-likeness (QED) is 0.124. The third-order valence-electron chi connectivity index (χ3n) is 11.1. The molecule has 0 atom stereocenters. The molecule has 0 aliphatic carbocycles. The minimum atomic E-state index is -1.03. The third-order valence-corrected chi connectivity index (χ3v) is 11.1. The lowest BCUT2D eigenvalue weighted by Gasteiger charge is -2.45. The van der Waals surface area contributed by atoms with E-state index in [9.17, 15) is 14.4 Å². The topological polar surface area (TPSA) is 98.6 Å². The van der Waals surface area contributed by atoms with Crippen molar-refractivity contribution in [1.82, 2.24) is 10.2 Å². The Hall–Kier alpha value is -5.77.